The van der Waals surface area contributed by atoms with Gasteiger partial charge in [0, 0.05) is 23.7 Å². The second-order valence-corrected chi connectivity index (χ2v) is 6.30. The number of fused-ring (bicyclic) bond motifs is 1. The van der Waals surface area contributed by atoms with Crippen molar-refractivity contribution in [3.8, 4) is 0 Å². The van der Waals surface area contributed by atoms with Crippen molar-refractivity contribution in [1.29, 1.82) is 0 Å². The normalized spacial score (nSPS) is 19.0. The Morgan fingerprint density at radius 2 is 2.10 bits per heavy atom. The van der Waals surface area contributed by atoms with Crippen molar-refractivity contribution in [2.45, 2.75) is 32.6 Å². The molecule has 1 aliphatic rings. The maximum atomic E-state index is 11.4. The lowest BCUT2D eigenvalue weighted by Gasteiger charge is -2.33. The molecule has 0 radical (unpaired) electrons. The Bertz CT molecular complexity index is 653. The number of aromatic nitrogens is 2. The van der Waals surface area contributed by atoms with Gasteiger partial charge in [0.2, 0.25) is 0 Å². The van der Waals surface area contributed by atoms with Crippen LogP contribution in [0.1, 0.15) is 47.3 Å². The Morgan fingerprint density at radius 3 is 2.76 bits per heavy atom. The highest BCUT2D eigenvalue weighted by atomic mass is 16.1. The first-order valence-corrected chi connectivity index (χ1v) is 7.71. The van der Waals surface area contributed by atoms with E-state index in [-0.39, 0.29) is 0 Å². The van der Waals surface area contributed by atoms with Gasteiger partial charge >= 0.3 is 0 Å². The lowest BCUT2D eigenvalue weighted by atomic mass is 9.82. The van der Waals surface area contributed by atoms with Gasteiger partial charge in [-0.15, -0.1) is 0 Å². The Morgan fingerprint density at radius 1 is 1.38 bits per heavy atom. The molecule has 0 N–H and O–H groups in total. The van der Waals surface area contributed by atoms with Crippen molar-refractivity contribution in [3.05, 3.63) is 35.4 Å². The SMILES string of the molecule is Cc1c(C=O)c2cnccn2c1C(C)C1CCN(C)CC1. The molecule has 4 nitrogen and oxygen atoms in total. The predicted molar refractivity (Wildman–Crippen MR) is 84.0 cm³/mol. The van der Waals surface area contributed by atoms with Gasteiger partial charge in [-0.3, -0.25) is 9.78 Å². The van der Waals surface area contributed by atoms with E-state index in [0.29, 0.717) is 11.8 Å². The quantitative estimate of drug-likeness (QED) is 0.814. The van der Waals surface area contributed by atoms with Gasteiger partial charge < -0.3 is 9.30 Å². The average Bonchev–Trinajstić information content (AvgIpc) is 2.78. The van der Waals surface area contributed by atoms with Crippen molar-refractivity contribution in [1.82, 2.24) is 14.3 Å². The van der Waals surface area contributed by atoms with Crippen LogP contribution in [0.3, 0.4) is 0 Å². The van der Waals surface area contributed by atoms with Crippen LogP contribution in [-0.2, 0) is 0 Å². The maximum absolute atomic E-state index is 11.4. The van der Waals surface area contributed by atoms with Gasteiger partial charge in [-0.05, 0) is 57.3 Å². The number of hydrogen-bond acceptors (Lipinski definition) is 3. The molecular formula is C17H23N3O. The topological polar surface area (TPSA) is 37.6 Å². The lowest BCUT2D eigenvalue weighted by Crippen LogP contribution is -2.32. The molecule has 0 spiro atoms. The minimum atomic E-state index is 0.460. The van der Waals surface area contributed by atoms with Crippen LogP contribution < -0.4 is 0 Å². The van der Waals surface area contributed by atoms with Crippen LogP contribution in [0.25, 0.3) is 5.52 Å². The minimum Gasteiger partial charge on any atom is -0.317 e. The van der Waals surface area contributed by atoms with Gasteiger partial charge in [0.25, 0.3) is 0 Å². The van der Waals surface area contributed by atoms with Crippen LogP contribution in [-0.4, -0.2) is 40.7 Å². The van der Waals surface area contributed by atoms with Gasteiger partial charge in [0.15, 0.2) is 6.29 Å². The zero-order chi connectivity index (χ0) is 15.0. The molecular weight excluding hydrogens is 262 g/mol. The molecule has 0 amide bonds. The third-order valence-electron chi connectivity index (χ3n) is 5.10. The van der Waals surface area contributed by atoms with Gasteiger partial charge in [-0.25, -0.2) is 0 Å². The summed E-state index contributed by atoms with van der Waals surface area (Å²) in [7, 11) is 2.19. The van der Waals surface area contributed by atoms with Crippen molar-refractivity contribution < 1.29 is 4.79 Å². The van der Waals surface area contributed by atoms with Gasteiger partial charge in [0.05, 0.1) is 11.7 Å². The summed E-state index contributed by atoms with van der Waals surface area (Å²) in [6.45, 7) is 6.70. The smallest absolute Gasteiger partial charge is 0.152 e. The van der Waals surface area contributed by atoms with E-state index in [9.17, 15) is 4.79 Å². The number of rotatable bonds is 3. The Labute approximate surface area is 125 Å². The monoisotopic (exact) mass is 285 g/mol. The molecule has 1 fully saturated rings. The fraction of sp³-hybridized carbons (Fsp3) is 0.529. The molecule has 112 valence electrons. The number of piperidine rings is 1. The number of aldehydes is 1. The van der Waals surface area contributed by atoms with Crippen molar-refractivity contribution in [3.63, 3.8) is 0 Å². The first-order chi connectivity index (χ1) is 10.1. The number of hydrogen-bond donors (Lipinski definition) is 0. The molecule has 4 heteroatoms. The molecule has 1 aliphatic heterocycles. The Balaban J connectivity index is 2.03. The summed E-state index contributed by atoms with van der Waals surface area (Å²) in [5, 5.41) is 0. The van der Waals surface area contributed by atoms with E-state index in [4.69, 9.17) is 0 Å². The fourth-order valence-electron chi connectivity index (χ4n) is 3.74. The fourth-order valence-corrected chi connectivity index (χ4v) is 3.74. The third-order valence-corrected chi connectivity index (χ3v) is 5.10. The van der Waals surface area contributed by atoms with Crippen LogP contribution in [0.2, 0.25) is 0 Å². The van der Waals surface area contributed by atoms with Crippen molar-refractivity contribution in [2.75, 3.05) is 20.1 Å². The number of carbonyl (C=O) groups is 1. The molecule has 0 bridgehead atoms. The van der Waals surface area contributed by atoms with Crippen LogP contribution in [0.15, 0.2) is 18.6 Å². The Hall–Kier alpha value is -1.68. The molecule has 0 saturated carbocycles. The maximum Gasteiger partial charge on any atom is 0.152 e. The van der Waals surface area contributed by atoms with Gasteiger partial charge in [-0.1, -0.05) is 6.92 Å². The van der Waals surface area contributed by atoms with Crippen molar-refractivity contribution in [2.24, 2.45) is 5.92 Å². The van der Waals surface area contributed by atoms with E-state index in [1.165, 1.54) is 31.6 Å². The molecule has 3 heterocycles. The molecule has 2 aromatic rings. The molecule has 1 unspecified atom stereocenters. The third kappa shape index (κ3) is 2.38. The summed E-state index contributed by atoms with van der Waals surface area (Å²) in [5.41, 5.74) is 4.12. The summed E-state index contributed by atoms with van der Waals surface area (Å²) < 4.78 is 2.16. The summed E-state index contributed by atoms with van der Waals surface area (Å²) in [4.78, 5) is 18.0. The predicted octanol–water partition coefficient (Wildman–Crippen LogP) is 2.90. The highest BCUT2D eigenvalue weighted by Crippen LogP contribution is 2.36. The van der Waals surface area contributed by atoms with E-state index < -0.39 is 0 Å². The van der Waals surface area contributed by atoms with E-state index in [2.05, 4.69) is 35.2 Å². The van der Waals surface area contributed by atoms with E-state index >= 15 is 0 Å². The molecule has 21 heavy (non-hydrogen) atoms. The first kappa shape index (κ1) is 14.3. The van der Waals surface area contributed by atoms with Gasteiger partial charge in [-0.2, -0.15) is 0 Å². The molecule has 1 atom stereocenters. The highest BCUT2D eigenvalue weighted by Gasteiger charge is 2.27. The van der Waals surface area contributed by atoms with Gasteiger partial charge in [0.1, 0.15) is 0 Å². The molecule has 1 saturated heterocycles. The average molecular weight is 285 g/mol. The number of nitrogens with zero attached hydrogens (tertiary/aromatic N) is 3. The largest absolute Gasteiger partial charge is 0.317 e. The van der Waals surface area contributed by atoms with Crippen LogP contribution >= 0.6 is 0 Å². The zero-order valence-corrected chi connectivity index (χ0v) is 13.0. The molecule has 2 aromatic heterocycles. The summed E-state index contributed by atoms with van der Waals surface area (Å²) >= 11 is 0. The van der Waals surface area contributed by atoms with Crippen LogP contribution in [0, 0.1) is 12.8 Å². The second-order valence-electron chi connectivity index (χ2n) is 6.30. The van der Waals surface area contributed by atoms with E-state index in [1.54, 1.807) is 12.4 Å². The van der Waals surface area contributed by atoms with Crippen LogP contribution in [0.5, 0.6) is 0 Å². The molecule has 0 aromatic carbocycles. The van der Waals surface area contributed by atoms with E-state index in [1.807, 2.05) is 6.20 Å². The number of likely N-dealkylation sites (tertiary alicyclic amines) is 1. The van der Waals surface area contributed by atoms with Crippen LogP contribution in [0.4, 0.5) is 0 Å². The minimum absolute atomic E-state index is 0.460. The standard InChI is InChI=1S/C17H23N3O/c1-12(14-4-7-19(3)8-5-14)17-13(2)15(11-21)16-10-18-6-9-20(16)17/h6,9-12,14H,4-5,7-8H2,1-3H3. The second kappa shape index (κ2) is 5.60. The zero-order valence-electron chi connectivity index (χ0n) is 13.0. The van der Waals surface area contributed by atoms with Crippen molar-refractivity contribution >= 4 is 11.8 Å². The number of carbonyl (C=O) groups excluding carboxylic acids is 1. The lowest BCUT2D eigenvalue weighted by molar-refractivity contribution is 0.112. The first-order valence-electron chi connectivity index (χ1n) is 7.71. The Kier molecular flexibility index (Phi) is 3.81. The molecule has 0 aliphatic carbocycles. The van der Waals surface area contributed by atoms with E-state index in [0.717, 1.165) is 22.9 Å². The highest BCUT2D eigenvalue weighted by molar-refractivity contribution is 5.89. The summed E-state index contributed by atoms with van der Waals surface area (Å²) in [5.74, 6) is 1.15. The summed E-state index contributed by atoms with van der Waals surface area (Å²) in [6.07, 6.45) is 9.00. The summed E-state index contributed by atoms with van der Waals surface area (Å²) in [6, 6.07) is 0. The molecule has 3 rings (SSSR count).